The Kier molecular flexibility index (Phi) is 4.79. The highest BCUT2D eigenvalue weighted by atomic mass is 16.5. The number of carbonyl (C=O) groups is 2. The minimum atomic E-state index is -0.109. The molecule has 1 saturated heterocycles. The topological polar surface area (TPSA) is 66.8 Å². The molecule has 1 aliphatic heterocycles. The van der Waals surface area contributed by atoms with Gasteiger partial charge in [-0.1, -0.05) is 24.3 Å². The summed E-state index contributed by atoms with van der Waals surface area (Å²) in [5.74, 6) is 0.297. The van der Waals surface area contributed by atoms with Crippen molar-refractivity contribution in [2.75, 3.05) is 11.5 Å². The molecule has 0 aromatic heterocycles. The first-order chi connectivity index (χ1) is 11.7. The van der Waals surface area contributed by atoms with Gasteiger partial charge in [-0.25, -0.2) is 0 Å². The third kappa shape index (κ3) is 3.25. The van der Waals surface area contributed by atoms with Crippen LogP contribution in [0.3, 0.4) is 0 Å². The standard InChI is InChI=1S/C19H19NO4/c21-12-16-17(22)9-5-10-18(16)24-13-15-8-4-11-19(23)20(15)14-6-2-1-3-7-14/h1-3,5-7,9-10,12,15,22H,4,8,11,13H2/t15-/m0/s1. The number of benzene rings is 2. The van der Waals surface area contributed by atoms with Gasteiger partial charge >= 0.3 is 0 Å². The summed E-state index contributed by atoms with van der Waals surface area (Å²) in [4.78, 5) is 25.3. The Morgan fingerprint density at radius 1 is 1.17 bits per heavy atom. The maximum Gasteiger partial charge on any atom is 0.227 e. The Morgan fingerprint density at radius 3 is 2.71 bits per heavy atom. The van der Waals surface area contributed by atoms with Crippen molar-refractivity contribution in [2.45, 2.75) is 25.3 Å². The van der Waals surface area contributed by atoms with E-state index in [1.165, 1.54) is 6.07 Å². The molecule has 1 aliphatic rings. The lowest BCUT2D eigenvalue weighted by atomic mass is 10.0. The summed E-state index contributed by atoms with van der Waals surface area (Å²) < 4.78 is 5.76. The first-order valence-corrected chi connectivity index (χ1v) is 7.98. The van der Waals surface area contributed by atoms with Gasteiger partial charge in [0, 0.05) is 12.1 Å². The maximum absolute atomic E-state index is 12.4. The number of aldehydes is 1. The molecular formula is C19H19NO4. The second kappa shape index (κ2) is 7.17. The lowest BCUT2D eigenvalue weighted by Crippen LogP contribution is -2.47. The molecule has 1 heterocycles. The van der Waals surface area contributed by atoms with Crippen molar-refractivity contribution >= 4 is 17.9 Å². The highest BCUT2D eigenvalue weighted by Gasteiger charge is 2.30. The number of anilines is 1. The summed E-state index contributed by atoms with van der Waals surface area (Å²) in [6.45, 7) is 0.269. The smallest absolute Gasteiger partial charge is 0.227 e. The zero-order valence-electron chi connectivity index (χ0n) is 13.2. The van der Waals surface area contributed by atoms with Gasteiger partial charge in [0.05, 0.1) is 11.6 Å². The summed E-state index contributed by atoms with van der Waals surface area (Å²) in [7, 11) is 0. The Morgan fingerprint density at radius 2 is 1.96 bits per heavy atom. The van der Waals surface area contributed by atoms with E-state index in [-0.39, 0.29) is 29.9 Å². The number of hydrogen-bond donors (Lipinski definition) is 1. The first-order valence-electron chi connectivity index (χ1n) is 7.98. The monoisotopic (exact) mass is 325 g/mol. The summed E-state index contributed by atoms with van der Waals surface area (Å²) in [5, 5.41) is 9.72. The normalized spacial score (nSPS) is 17.6. The molecular weight excluding hydrogens is 306 g/mol. The number of nitrogens with zero attached hydrogens (tertiary/aromatic N) is 1. The van der Waals surface area contributed by atoms with Crippen molar-refractivity contribution in [1.29, 1.82) is 0 Å². The van der Waals surface area contributed by atoms with Crippen LogP contribution in [-0.2, 0) is 4.79 Å². The van der Waals surface area contributed by atoms with Gasteiger partial charge in [-0.3, -0.25) is 9.59 Å². The molecule has 124 valence electrons. The molecule has 3 rings (SSSR count). The minimum Gasteiger partial charge on any atom is -0.507 e. The Bertz CT molecular complexity index is 729. The van der Waals surface area contributed by atoms with Crippen LogP contribution in [0.1, 0.15) is 29.6 Å². The summed E-state index contributed by atoms with van der Waals surface area (Å²) >= 11 is 0. The fourth-order valence-electron chi connectivity index (χ4n) is 3.01. The van der Waals surface area contributed by atoms with E-state index in [4.69, 9.17) is 4.74 Å². The highest BCUT2D eigenvalue weighted by Crippen LogP contribution is 2.29. The molecule has 5 heteroatoms. The van der Waals surface area contributed by atoms with Gasteiger partial charge in [-0.05, 0) is 37.1 Å². The summed E-state index contributed by atoms with van der Waals surface area (Å²) in [6.07, 6.45) is 2.75. The molecule has 0 unspecified atom stereocenters. The molecule has 2 aromatic carbocycles. The van der Waals surface area contributed by atoms with Crippen LogP contribution in [0.4, 0.5) is 5.69 Å². The molecule has 1 fully saturated rings. The minimum absolute atomic E-state index is 0.0765. The number of rotatable bonds is 5. The van der Waals surface area contributed by atoms with Crippen molar-refractivity contribution in [1.82, 2.24) is 0 Å². The number of ether oxygens (including phenoxy) is 1. The number of phenols is 1. The van der Waals surface area contributed by atoms with Gasteiger partial charge < -0.3 is 14.7 Å². The Labute approximate surface area is 140 Å². The van der Waals surface area contributed by atoms with E-state index in [0.29, 0.717) is 18.5 Å². The molecule has 5 nitrogen and oxygen atoms in total. The molecule has 0 radical (unpaired) electrons. The predicted molar refractivity (Wildman–Crippen MR) is 90.6 cm³/mol. The summed E-state index contributed by atoms with van der Waals surface area (Å²) in [6, 6.07) is 14.1. The van der Waals surface area contributed by atoms with Crippen LogP contribution in [-0.4, -0.2) is 29.9 Å². The molecule has 0 saturated carbocycles. The molecule has 0 bridgehead atoms. The predicted octanol–water partition coefficient (Wildman–Crippen LogP) is 3.17. The second-order valence-corrected chi connectivity index (χ2v) is 5.76. The molecule has 1 atom stereocenters. The zero-order valence-corrected chi connectivity index (χ0v) is 13.2. The van der Waals surface area contributed by atoms with Gasteiger partial charge in [0.15, 0.2) is 6.29 Å². The van der Waals surface area contributed by atoms with Crippen LogP contribution in [0.25, 0.3) is 0 Å². The van der Waals surface area contributed by atoms with Crippen molar-refractivity contribution in [2.24, 2.45) is 0 Å². The van der Waals surface area contributed by atoms with Gasteiger partial charge in [0.25, 0.3) is 0 Å². The van der Waals surface area contributed by atoms with Gasteiger partial charge in [0.2, 0.25) is 5.91 Å². The molecule has 2 aromatic rings. The van der Waals surface area contributed by atoms with Crippen LogP contribution in [0.5, 0.6) is 11.5 Å². The Hall–Kier alpha value is -2.82. The van der Waals surface area contributed by atoms with E-state index in [9.17, 15) is 14.7 Å². The highest BCUT2D eigenvalue weighted by molar-refractivity contribution is 5.94. The van der Waals surface area contributed by atoms with E-state index in [1.54, 1.807) is 17.0 Å². The number of carbonyl (C=O) groups excluding carboxylic acids is 2. The largest absolute Gasteiger partial charge is 0.507 e. The number of phenolic OH excluding ortho intramolecular Hbond substituents is 1. The fourth-order valence-corrected chi connectivity index (χ4v) is 3.01. The van der Waals surface area contributed by atoms with Crippen LogP contribution in [0, 0.1) is 0 Å². The van der Waals surface area contributed by atoms with Crippen LogP contribution in [0.2, 0.25) is 0 Å². The van der Waals surface area contributed by atoms with Crippen LogP contribution >= 0.6 is 0 Å². The van der Waals surface area contributed by atoms with Crippen LogP contribution < -0.4 is 9.64 Å². The van der Waals surface area contributed by atoms with Gasteiger partial charge in [0.1, 0.15) is 18.1 Å². The SMILES string of the molecule is O=Cc1c(O)cccc1OC[C@@H]1CCCC(=O)N1c1ccccc1. The van der Waals surface area contributed by atoms with E-state index in [2.05, 4.69) is 0 Å². The number of hydrogen-bond acceptors (Lipinski definition) is 4. The van der Waals surface area contributed by atoms with Crippen molar-refractivity contribution < 1.29 is 19.4 Å². The van der Waals surface area contributed by atoms with Crippen LogP contribution in [0.15, 0.2) is 48.5 Å². The molecule has 1 N–H and O–H groups in total. The molecule has 0 spiro atoms. The number of aromatic hydroxyl groups is 1. The van der Waals surface area contributed by atoms with E-state index < -0.39 is 0 Å². The average Bonchev–Trinajstić information content (AvgIpc) is 2.60. The maximum atomic E-state index is 12.4. The van der Waals surface area contributed by atoms with Crippen molar-refractivity contribution in [3.8, 4) is 11.5 Å². The average molecular weight is 325 g/mol. The van der Waals surface area contributed by atoms with E-state index in [1.807, 2.05) is 30.3 Å². The first kappa shape index (κ1) is 16.1. The molecule has 0 aliphatic carbocycles. The lowest BCUT2D eigenvalue weighted by Gasteiger charge is -2.35. The Balaban J connectivity index is 1.79. The van der Waals surface area contributed by atoms with Crippen molar-refractivity contribution in [3.05, 3.63) is 54.1 Å². The second-order valence-electron chi connectivity index (χ2n) is 5.76. The summed E-state index contributed by atoms with van der Waals surface area (Å²) in [5.41, 5.74) is 0.980. The zero-order chi connectivity index (χ0) is 16.9. The number of amides is 1. The van der Waals surface area contributed by atoms with E-state index >= 15 is 0 Å². The third-order valence-electron chi connectivity index (χ3n) is 4.19. The number of para-hydroxylation sites is 1. The quantitative estimate of drug-likeness (QED) is 0.858. The third-order valence-corrected chi connectivity index (χ3v) is 4.19. The fraction of sp³-hybridized carbons (Fsp3) is 0.263. The molecule has 24 heavy (non-hydrogen) atoms. The van der Waals surface area contributed by atoms with E-state index in [0.717, 1.165) is 18.5 Å². The lowest BCUT2D eigenvalue weighted by molar-refractivity contribution is -0.120. The van der Waals surface area contributed by atoms with Gasteiger partial charge in [-0.15, -0.1) is 0 Å². The number of piperidine rings is 1. The van der Waals surface area contributed by atoms with Crippen molar-refractivity contribution in [3.63, 3.8) is 0 Å². The molecule has 1 amide bonds. The van der Waals surface area contributed by atoms with Gasteiger partial charge in [-0.2, -0.15) is 0 Å².